The van der Waals surface area contributed by atoms with Crippen LogP contribution in [0.1, 0.15) is 12.8 Å². The predicted octanol–water partition coefficient (Wildman–Crippen LogP) is 1.33. The van der Waals surface area contributed by atoms with E-state index in [1.54, 1.807) is 12.0 Å². The summed E-state index contributed by atoms with van der Waals surface area (Å²) in [4.78, 5) is 21.7. The van der Waals surface area contributed by atoms with Crippen molar-refractivity contribution in [3.05, 3.63) is 17.4 Å². The zero-order valence-electron chi connectivity index (χ0n) is 11.9. The second-order valence-electron chi connectivity index (χ2n) is 4.74. The molecule has 1 saturated heterocycles. The zero-order valence-corrected chi connectivity index (χ0v) is 12.7. The lowest BCUT2D eigenvalue weighted by molar-refractivity contribution is 0.0929. The van der Waals surface area contributed by atoms with Gasteiger partial charge in [0.25, 0.3) is 0 Å². The fourth-order valence-corrected chi connectivity index (χ4v) is 2.20. The summed E-state index contributed by atoms with van der Waals surface area (Å²) < 4.78 is 10.6. The van der Waals surface area contributed by atoms with Crippen molar-refractivity contribution in [2.24, 2.45) is 0 Å². The SMILES string of the molecule is COCCNC(=O)N1CCCC(Oc2ncc(Cl)cn2)C1. The largest absolute Gasteiger partial charge is 0.458 e. The molecule has 7 nitrogen and oxygen atoms in total. The lowest BCUT2D eigenvalue weighted by Crippen LogP contribution is -2.49. The molecule has 8 heteroatoms. The Hall–Kier alpha value is -1.60. The lowest BCUT2D eigenvalue weighted by Gasteiger charge is -2.32. The van der Waals surface area contributed by atoms with Crippen LogP contribution in [0.3, 0.4) is 0 Å². The molecule has 21 heavy (non-hydrogen) atoms. The lowest BCUT2D eigenvalue weighted by atomic mass is 10.1. The van der Waals surface area contributed by atoms with Gasteiger partial charge in [-0.3, -0.25) is 0 Å². The van der Waals surface area contributed by atoms with E-state index in [1.807, 2.05) is 0 Å². The van der Waals surface area contributed by atoms with E-state index in [1.165, 1.54) is 12.4 Å². The average Bonchev–Trinajstić information content (AvgIpc) is 2.50. The molecule has 0 aliphatic carbocycles. The number of nitrogens with one attached hydrogen (secondary N) is 1. The summed E-state index contributed by atoms with van der Waals surface area (Å²) in [7, 11) is 1.60. The first-order valence-electron chi connectivity index (χ1n) is 6.85. The van der Waals surface area contributed by atoms with Crippen LogP contribution in [0.4, 0.5) is 4.79 Å². The molecule has 1 aliphatic heterocycles. The van der Waals surface area contributed by atoms with E-state index in [4.69, 9.17) is 21.1 Å². The van der Waals surface area contributed by atoms with Gasteiger partial charge in [-0.2, -0.15) is 0 Å². The van der Waals surface area contributed by atoms with E-state index in [0.717, 1.165) is 19.4 Å². The van der Waals surface area contributed by atoms with Crippen molar-refractivity contribution in [1.82, 2.24) is 20.2 Å². The van der Waals surface area contributed by atoms with E-state index in [9.17, 15) is 4.79 Å². The molecule has 1 atom stereocenters. The van der Waals surface area contributed by atoms with Gasteiger partial charge >= 0.3 is 12.0 Å². The number of hydrogen-bond acceptors (Lipinski definition) is 5. The summed E-state index contributed by atoms with van der Waals surface area (Å²) in [6, 6.07) is 0.184. The summed E-state index contributed by atoms with van der Waals surface area (Å²) >= 11 is 5.73. The molecule has 0 saturated carbocycles. The topological polar surface area (TPSA) is 76.6 Å². The van der Waals surface area contributed by atoms with Gasteiger partial charge in [-0.25, -0.2) is 14.8 Å². The van der Waals surface area contributed by atoms with Crippen LogP contribution in [0.2, 0.25) is 5.02 Å². The normalized spacial score (nSPS) is 18.4. The van der Waals surface area contributed by atoms with E-state index in [2.05, 4.69) is 15.3 Å². The van der Waals surface area contributed by atoms with Gasteiger partial charge in [0.1, 0.15) is 6.10 Å². The Morgan fingerprint density at radius 3 is 3.00 bits per heavy atom. The molecular formula is C13H19ClN4O3. The molecule has 2 rings (SSSR count). The maximum absolute atomic E-state index is 12.0. The van der Waals surface area contributed by atoms with Crippen LogP contribution in [-0.4, -0.2) is 60.4 Å². The molecule has 1 fully saturated rings. The third-order valence-electron chi connectivity index (χ3n) is 3.12. The van der Waals surface area contributed by atoms with Gasteiger partial charge < -0.3 is 19.7 Å². The summed E-state index contributed by atoms with van der Waals surface area (Å²) in [5.74, 6) is 0. The van der Waals surface area contributed by atoms with Crippen molar-refractivity contribution in [1.29, 1.82) is 0 Å². The van der Waals surface area contributed by atoms with Crippen LogP contribution in [0.15, 0.2) is 12.4 Å². The molecular weight excluding hydrogens is 296 g/mol. The molecule has 0 bridgehead atoms. The van der Waals surface area contributed by atoms with Crippen molar-refractivity contribution in [2.45, 2.75) is 18.9 Å². The minimum absolute atomic E-state index is 0.0997. The predicted molar refractivity (Wildman–Crippen MR) is 77.5 cm³/mol. The standard InChI is InChI=1S/C13H19ClN4O3/c1-20-6-4-15-13(19)18-5-2-3-11(9-18)21-12-16-7-10(14)8-17-12/h7-8,11H,2-6,9H2,1H3,(H,15,19). The minimum Gasteiger partial charge on any atom is -0.458 e. The molecule has 1 N–H and O–H groups in total. The number of halogens is 1. The summed E-state index contributed by atoms with van der Waals surface area (Å²) in [5, 5.41) is 3.27. The van der Waals surface area contributed by atoms with Gasteiger partial charge in [0.15, 0.2) is 0 Å². The van der Waals surface area contributed by atoms with Crippen molar-refractivity contribution in [2.75, 3.05) is 33.4 Å². The molecule has 0 spiro atoms. The maximum Gasteiger partial charge on any atom is 0.317 e. The van der Waals surface area contributed by atoms with E-state index in [0.29, 0.717) is 24.7 Å². The number of methoxy groups -OCH3 is 1. The highest BCUT2D eigenvalue weighted by Crippen LogP contribution is 2.16. The monoisotopic (exact) mass is 314 g/mol. The number of nitrogens with zero attached hydrogens (tertiary/aromatic N) is 3. The summed E-state index contributed by atoms with van der Waals surface area (Å²) in [6.07, 6.45) is 4.63. The molecule has 1 aromatic heterocycles. The molecule has 116 valence electrons. The molecule has 0 radical (unpaired) electrons. The first kappa shape index (κ1) is 15.8. The number of ether oxygens (including phenoxy) is 2. The Morgan fingerprint density at radius 2 is 2.29 bits per heavy atom. The quantitative estimate of drug-likeness (QED) is 0.830. The number of likely N-dealkylation sites (tertiary alicyclic amines) is 1. The van der Waals surface area contributed by atoms with Crippen molar-refractivity contribution < 1.29 is 14.3 Å². The van der Waals surface area contributed by atoms with Crippen LogP contribution in [0.25, 0.3) is 0 Å². The van der Waals surface area contributed by atoms with Crippen LogP contribution < -0.4 is 10.1 Å². The Labute approximate surface area is 128 Å². The van der Waals surface area contributed by atoms with Gasteiger partial charge in [-0.15, -0.1) is 0 Å². The summed E-state index contributed by atoms with van der Waals surface area (Å²) in [5.41, 5.74) is 0. The van der Waals surface area contributed by atoms with Crippen molar-refractivity contribution in [3.63, 3.8) is 0 Å². The summed E-state index contributed by atoms with van der Waals surface area (Å²) in [6.45, 7) is 2.24. The van der Waals surface area contributed by atoms with Crippen molar-refractivity contribution >= 4 is 17.6 Å². The Bertz CT molecular complexity index is 457. The first-order valence-corrected chi connectivity index (χ1v) is 7.22. The number of rotatable bonds is 5. The van der Waals surface area contributed by atoms with Crippen LogP contribution in [0.5, 0.6) is 6.01 Å². The molecule has 2 heterocycles. The fraction of sp³-hybridized carbons (Fsp3) is 0.615. The van der Waals surface area contributed by atoms with E-state index < -0.39 is 0 Å². The van der Waals surface area contributed by atoms with Crippen LogP contribution in [-0.2, 0) is 4.74 Å². The highest BCUT2D eigenvalue weighted by atomic mass is 35.5. The number of amides is 2. The average molecular weight is 315 g/mol. The fourth-order valence-electron chi connectivity index (χ4n) is 2.10. The van der Waals surface area contributed by atoms with Gasteiger partial charge in [-0.05, 0) is 12.8 Å². The third-order valence-corrected chi connectivity index (χ3v) is 3.31. The van der Waals surface area contributed by atoms with Gasteiger partial charge in [-0.1, -0.05) is 11.6 Å². The van der Waals surface area contributed by atoms with E-state index >= 15 is 0 Å². The molecule has 1 unspecified atom stereocenters. The highest BCUT2D eigenvalue weighted by Gasteiger charge is 2.25. The number of carbonyl (C=O) groups is 1. The number of carbonyl (C=O) groups excluding carboxylic acids is 1. The van der Waals surface area contributed by atoms with Gasteiger partial charge in [0.2, 0.25) is 0 Å². The second-order valence-corrected chi connectivity index (χ2v) is 5.17. The number of piperidine rings is 1. The number of aromatic nitrogens is 2. The van der Waals surface area contributed by atoms with E-state index in [-0.39, 0.29) is 18.1 Å². The Morgan fingerprint density at radius 1 is 1.52 bits per heavy atom. The molecule has 1 aliphatic rings. The number of hydrogen-bond donors (Lipinski definition) is 1. The van der Waals surface area contributed by atoms with Gasteiger partial charge in [0.05, 0.1) is 30.6 Å². The molecule has 2 amide bonds. The van der Waals surface area contributed by atoms with Gasteiger partial charge in [0, 0.05) is 20.2 Å². The minimum atomic E-state index is -0.104. The maximum atomic E-state index is 12.0. The Kier molecular flexibility index (Phi) is 6.01. The molecule has 1 aromatic rings. The van der Waals surface area contributed by atoms with Crippen LogP contribution in [0, 0.1) is 0 Å². The van der Waals surface area contributed by atoms with Crippen LogP contribution >= 0.6 is 11.6 Å². The van der Waals surface area contributed by atoms with Crippen molar-refractivity contribution in [3.8, 4) is 6.01 Å². The number of urea groups is 1. The molecule has 0 aromatic carbocycles. The first-order chi connectivity index (χ1) is 10.2. The highest BCUT2D eigenvalue weighted by molar-refractivity contribution is 6.30. The second kappa shape index (κ2) is 7.99. The zero-order chi connectivity index (χ0) is 15.1. The third kappa shape index (κ3) is 5.02. The smallest absolute Gasteiger partial charge is 0.317 e. The Balaban J connectivity index is 1.82.